The molecule has 0 radical (unpaired) electrons. The van der Waals surface area contributed by atoms with Crippen LogP contribution in [0.4, 0.5) is 19.0 Å². The second-order valence-corrected chi connectivity index (χ2v) is 10.6. The second kappa shape index (κ2) is 9.79. The zero-order valence-corrected chi connectivity index (χ0v) is 21.6. The average Bonchev–Trinajstić information content (AvgIpc) is 3.44. The third-order valence-electron chi connectivity index (χ3n) is 6.78. The van der Waals surface area contributed by atoms with E-state index in [2.05, 4.69) is 9.88 Å². The third-order valence-corrected chi connectivity index (χ3v) is 7.88. The van der Waals surface area contributed by atoms with Crippen LogP contribution in [0.3, 0.4) is 0 Å². The molecule has 0 atom stereocenters. The predicted molar refractivity (Wildman–Crippen MR) is 138 cm³/mol. The first kappa shape index (κ1) is 25.0. The number of piperazine rings is 1. The summed E-state index contributed by atoms with van der Waals surface area (Å²) in [5, 5.41) is 0. The van der Waals surface area contributed by atoms with Crippen LogP contribution in [0.15, 0.2) is 30.3 Å². The summed E-state index contributed by atoms with van der Waals surface area (Å²) >= 11 is 1.52. The minimum Gasteiger partial charge on any atom is -0.378 e. The molecule has 2 fully saturated rings. The summed E-state index contributed by atoms with van der Waals surface area (Å²) in [6.07, 6.45) is -4.32. The fraction of sp³-hybridized carbons (Fsp3) is 0.440. The highest BCUT2D eigenvalue weighted by molar-refractivity contribution is 7.19. The van der Waals surface area contributed by atoms with Crippen molar-refractivity contribution in [1.82, 2.24) is 29.3 Å². The van der Waals surface area contributed by atoms with Crippen LogP contribution in [-0.2, 0) is 16.1 Å². The van der Waals surface area contributed by atoms with E-state index in [4.69, 9.17) is 14.7 Å². The summed E-state index contributed by atoms with van der Waals surface area (Å²) in [5.74, 6) is 1.80. The lowest BCUT2D eigenvalue weighted by molar-refractivity contribution is -0.157. The molecule has 0 bridgehead atoms. The van der Waals surface area contributed by atoms with Crippen LogP contribution in [0.2, 0.25) is 0 Å². The maximum Gasteiger partial charge on any atom is 0.401 e. The molecule has 2 aliphatic heterocycles. The van der Waals surface area contributed by atoms with Crippen LogP contribution >= 0.6 is 11.3 Å². The van der Waals surface area contributed by atoms with Crippen LogP contribution < -0.4 is 4.90 Å². The molecule has 1 amide bonds. The quantitative estimate of drug-likeness (QED) is 0.381. The lowest BCUT2D eigenvalue weighted by Crippen LogP contribution is -2.52. The molecule has 1 aromatic carbocycles. The van der Waals surface area contributed by atoms with Crippen molar-refractivity contribution in [3.8, 4) is 5.95 Å². The monoisotopic (exact) mass is 545 g/mol. The van der Waals surface area contributed by atoms with Crippen molar-refractivity contribution in [1.29, 1.82) is 0 Å². The highest BCUT2D eigenvalue weighted by atomic mass is 32.1. The molecule has 2 saturated heterocycles. The van der Waals surface area contributed by atoms with Crippen LogP contribution in [0.1, 0.15) is 10.7 Å². The van der Waals surface area contributed by atoms with E-state index in [1.807, 2.05) is 41.8 Å². The molecule has 0 spiro atoms. The van der Waals surface area contributed by atoms with Crippen LogP contribution in [0, 0.1) is 6.92 Å². The number of amides is 1. The molecule has 13 heteroatoms. The van der Waals surface area contributed by atoms with Crippen molar-refractivity contribution in [3.63, 3.8) is 0 Å². The van der Waals surface area contributed by atoms with E-state index in [9.17, 15) is 18.0 Å². The lowest BCUT2D eigenvalue weighted by Gasteiger charge is -2.34. The van der Waals surface area contributed by atoms with Gasteiger partial charge in [-0.25, -0.2) is 9.97 Å². The van der Waals surface area contributed by atoms with E-state index in [1.54, 1.807) is 4.90 Å². The molecule has 2 aliphatic rings. The SMILES string of the molecule is Cc1nc2ccccc2n1-c1nc(N2CCOCC2)c2sc(CN3CCN(CC(F)(F)F)CC3=O)cc2n1. The summed E-state index contributed by atoms with van der Waals surface area (Å²) in [6, 6.07) is 9.79. The molecule has 0 unspecified atom stereocenters. The molecule has 0 N–H and O–H groups in total. The molecule has 38 heavy (non-hydrogen) atoms. The Hall–Kier alpha value is -3.29. The Morgan fingerprint density at radius 1 is 1.03 bits per heavy atom. The molecule has 4 aromatic rings. The van der Waals surface area contributed by atoms with Crippen molar-refractivity contribution in [3.05, 3.63) is 41.0 Å². The van der Waals surface area contributed by atoms with Gasteiger partial charge in [-0.05, 0) is 25.1 Å². The van der Waals surface area contributed by atoms with Gasteiger partial charge in [0.2, 0.25) is 11.9 Å². The van der Waals surface area contributed by atoms with E-state index in [-0.39, 0.29) is 25.5 Å². The Labute approximate surface area is 220 Å². The number of alkyl halides is 3. The minimum absolute atomic E-state index is 0.187. The number of carbonyl (C=O) groups excluding carboxylic acids is 1. The van der Waals surface area contributed by atoms with Crippen molar-refractivity contribution in [2.75, 3.05) is 57.4 Å². The van der Waals surface area contributed by atoms with E-state index in [0.29, 0.717) is 38.8 Å². The smallest absolute Gasteiger partial charge is 0.378 e. The summed E-state index contributed by atoms with van der Waals surface area (Å²) in [4.78, 5) is 33.1. The summed E-state index contributed by atoms with van der Waals surface area (Å²) in [6.45, 7) is 3.97. The van der Waals surface area contributed by atoms with Gasteiger partial charge in [0, 0.05) is 31.1 Å². The number of benzene rings is 1. The normalized spacial score (nSPS) is 17.7. The standard InChI is InChI=1S/C25H26F3N7O2S/c1-16-29-18-4-2-3-5-20(18)35(16)24-30-19-12-17(38-22(19)23(31-24)33-8-10-37-11-9-33)13-34-7-6-32(14-21(34)36)15-25(26,27)28/h2-5,12H,6-11,13-15H2,1H3. The number of morpholine rings is 1. The zero-order valence-electron chi connectivity index (χ0n) is 20.7. The van der Waals surface area contributed by atoms with Crippen molar-refractivity contribution in [2.24, 2.45) is 0 Å². The number of imidazole rings is 1. The van der Waals surface area contributed by atoms with Gasteiger partial charge >= 0.3 is 6.18 Å². The number of aromatic nitrogens is 4. The zero-order chi connectivity index (χ0) is 26.4. The maximum atomic E-state index is 12.8. The molecule has 5 heterocycles. The summed E-state index contributed by atoms with van der Waals surface area (Å²) in [5.41, 5.74) is 2.53. The Bertz CT molecular complexity index is 1500. The molecule has 0 aliphatic carbocycles. The van der Waals surface area contributed by atoms with Gasteiger partial charge < -0.3 is 14.5 Å². The molecular weight excluding hydrogens is 519 g/mol. The van der Waals surface area contributed by atoms with Gasteiger partial charge in [-0.15, -0.1) is 11.3 Å². The van der Waals surface area contributed by atoms with E-state index in [1.165, 1.54) is 11.3 Å². The van der Waals surface area contributed by atoms with Crippen LogP contribution in [0.5, 0.6) is 0 Å². The molecule has 6 rings (SSSR count). The predicted octanol–water partition coefficient (Wildman–Crippen LogP) is 3.38. The van der Waals surface area contributed by atoms with Crippen molar-refractivity contribution in [2.45, 2.75) is 19.6 Å². The number of aryl methyl sites for hydroxylation is 1. The number of hydrogen-bond donors (Lipinski definition) is 0. The Morgan fingerprint density at radius 3 is 2.58 bits per heavy atom. The molecule has 3 aromatic heterocycles. The Morgan fingerprint density at radius 2 is 1.82 bits per heavy atom. The minimum atomic E-state index is -4.32. The number of halogens is 3. The van der Waals surface area contributed by atoms with E-state index < -0.39 is 12.7 Å². The number of nitrogens with zero attached hydrogens (tertiary/aromatic N) is 7. The van der Waals surface area contributed by atoms with Gasteiger partial charge in [0.05, 0.1) is 54.1 Å². The van der Waals surface area contributed by atoms with Gasteiger partial charge in [-0.1, -0.05) is 12.1 Å². The second-order valence-electron chi connectivity index (χ2n) is 9.50. The first-order valence-electron chi connectivity index (χ1n) is 12.4. The molecule has 200 valence electrons. The van der Waals surface area contributed by atoms with Gasteiger partial charge in [0.25, 0.3) is 0 Å². The number of anilines is 1. The van der Waals surface area contributed by atoms with Gasteiger partial charge in [-0.3, -0.25) is 14.3 Å². The van der Waals surface area contributed by atoms with Crippen molar-refractivity contribution < 1.29 is 22.7 Å². The summed E-state index contributed by atoms with van der Waals surface area (Å²) < 4.78 is 46.7. The first-order valence-corrected chi connectivity index (χ1v) is 13.2. The van der Waals surface area contributed by atoms with Crippen LogP contribution in [-0.4, -0.2) is 93.9 Å². The number of hydrogen-bond acceptors (Lipinski definition) is 8. The third kappa shape index (κ3) is 4.93. The molecular formula is C25H26F3N7O2S. The van der Waals surface area contributed by atoms with Crippen LogP contribution in [0.25, 0.3) is 27.2 Å². The number of thiophene rings is 1. The highest BCUT2D eigenvalue weighted by Crippen LogP contribution is 2.35. The Balaban J connectivity index is 1.34. The lowest BCUT2D eigenvalue weighted by atomic mass is 10.2. The number of ether oxygens (including phenoxy) is 1. The topological polar surface area (TPSA) is 79.6 Å². The van der Waals surface area contributed by atoms with Crippen molar-refractivity contribution >= 4 is 44.3 Å². The molecule has 0 saturated carbocycles. The molecule has 9 nitrogen and oxygen atoms in total. The number of fused-ring (bicyclic) bond motifs is 2. The van der Waals surface area contributed by atoms with E-state index >= 15 is 0 Å². The average molecular weight is 546 g/mol. The fourth-order valence-electron chi connectivity index (χ4n) is 5.02. The van der Waals surface area contributed by atoms with E-state index in [0.717, 1.165) is 42.7 Å². The summed E-state index contributed by atoms with van der Waals surface area (Å²) in [7, 11) is 0. The van der Waals surface area contributed by atoms with Gasteiger partial charge in [0.1, 0.15) is 5.82 Å². The Kier molecular flexibility index (Phi) is 6.44. The first-order chi connectivity index (χ1) is 18.2. The van der Waals surface area contributed by atoms with Gasteiger partial charge in [-0.2, -0.15) is 18.2 Å². The fourth-order valence-corrected chi connectivity index (χ4v) is 6.15. The number of rotatable bonds is 5. The number of carbonyl (C=O) groups is 1. The van der Waals surface area contributed by atoms with Gasteiger partial charge in [0.15, 0.2) is 5.82 Å². The highest BCUT2D eigenvalue weighted by Gasteiger charge is 2.34. The maximum absolute atomic E-state index is 12.8. The number of para-hydroxylation sites is 2. The largest absolute Gasteiger partial charge is 0.401 e.